The third-order valence-electron chi connectivity index (χ3n) is 8.28. The van der Waals surface area contributed by atoms with E-state index in [0.29, 0.717) is 89.5 Å². The first-order valence-corrected chi connectivity index (χ1v) is 17.2. The van der Waals surface area contributed by atoms with Crippen molar-refractivity contribution < 1.29 is 9.47 Å². The maximum Gasteiger partial charge on any atom is 0.275 e. The van der Waals surface area contributed by atoms with E-state index in [0.717, 1.165) is 22.5 Å². The van der Waals surface area contributed by atoms with Crippen molar-refractivity contribution in [3.63, 3.8) is 0 Å². The summed E-state index contributed by atoms with van der Waals surface area (Å²) in [5.74, 6) is 2.34. The number of azo groups is 2. The predicted molar refractivity (Wildman–Crippen MR) is 198 cm³/mol. The van der Waals surface area contributed by atoms with E-state index in [1.165, 1.54) is 11.1 Å². The van der Waals surface area contributed by atoms with E-state index in [9.17, 15) is 0 Å². The van der Waals surface area contributed by atoms with Gasteiger partial charge in [0.05, 0.1) is 39.5 Å². The van der Waals surface area contributed by atoms with Gasteiger partial charge in [-0.25, -0.2) is 0 Å². The summed E-state index contributed by atoms with van der Waals surface area (Å²) in [5.41, 5.74) is 6.03. The SMILES string of the molecule is Cc1ccc(Nc2nc(N=NCc3ccc(CN=Nc4nc(Nc5ccc(C)cc5)nc(N5CCOCC5)n4)cc3)nc(N3CCOCC3)n2)cc1. The molecule has 16 nitrogen and oxygen atoms in total. The van der Waals surface area contributed by atoms with Crippen LogP contribution in [0.3, 0.4) is 0 Å². The molecule has 5 aromatic rings. The molecule has 0 spiro atoms. The third-order valence-corrected chi connectivity index (χ3v) is 8.28. The topological polar surface area (TPSA) is 176 Å². The molecule has 2 aliphatic heterocycles. The van der Waals surface area contributed by atoms with E-state index in [4.69, 9.17) is 9.47 Å². The predicted octanol–water partition coefficient (Wildman–Crippen LogP) is 6.40. The quantitative estimate of drug-likeness (QED) is 0.137. The summed E-state index contributed by atoms with van der Waals surface area (Å²) in [5, 5.41) is 24.0. The summed E-state index contributed by atoms with van der Waals surface area (Å²) in [4.78, 5) is 31.6. The van der Waals surface area contributed by atoms with Crippen LogP contribution in [0.2, 0.25) is 0 Å². The van der Waals surface area contributed by atoms with Crippen molar-refractivity contribution in [3.8, 4) is 0 Å². The zero-order chi connectivity index (χ0) is 35.5. The Morgan fingerprint density at radius 1 is 0.519 bits per heavy atom. The number of anilines is 6. The fourth-order valence-electron chi connectivity index (χ4n) is 5.36. The van der Waals surface area contributed by atoms with Gasteiger partial charge in [-0.3, -0.25) is 0 Å². The second-order valence-corrected chi connectivity index (χ2v) is 12.3. The van der Waals surface area contributed by atoms with Crippen LogP contribution in [-0.2, 0) is 22.6 Å². The molecule has 3 aromatic carbocycles. The molecule has 2 aromatic heterocycles. The monoisotopic (exact) mass is 700 g/mol. The lowest BCUT2D eigenvalue weighted by molar-refractivity contribution is 0.122. The normalized spacial score (nSPS) is 15.0. The highest BCUT2D eigenvalue weighted by atomic mass is 16.5. The van der Waals surface area contributed by atoms with Gasteiger partial charge >= 0.3 is 0 Å². The Morgan fingerprint density at radius 3 is 1.29 bits per heavy atom. The van der Waals surface area contributed by atoms with E-state index in [1.54, 1.807) is 0 Å². The van der Waals surface area contributed by atoms with Gasteiger partial charge in [-0.15, -0.1) is 10.2 Å². The average Bonchev–Trinajstić information content (AvgIpc) is 3.18. The van der Waals surface area contributed by atoms with Crippen molar-refractivity contribution in [2.24, 2.45) is 20.5 Å². The van der Waals surface area contributed by atoms with E-state index in [-0.39, 0.29) is 11.9 Å². The Bertz CT molecular complexity index is 1830. The van der Waals surface area contributed by atoms with Crippen LogP contribution in [0.1, 0.15) is 22.3 Å². The molecule has 2 aliphatic rings. The Labute approximate surface area is 301 Å². The fourth-order valence-corrected chi connectivity index (χ4v) is 5.36. The van der Waals surface area contributed by atoms with Crippen LogP contribution in [0.15, 0.2) is 93.3 Å². The molecule has 2 saturated heterocycles. The summed E-state index contributed by atoms with van der Waals surface area (Å²) in [7, 11) is 0. The van der Waals surface area contributed by atoms with Crippen LogP contribution in [0.25, 0.3) is 0 Å². The van der Waals surface area contributed by atoms with Crippen molar-refractivity contribution in [1.82, 2.24) is 29.9 Å². The number of morpholine rings is 2. The van der Waals surface area contributed by atoms with Crippen molar-refractivity contribution >= 4 is 47.1 Å². The summed E-state index contributed by atoms with van der Waals surface area (Å²) in [6, 6.07) is 24.0. The number of aryl methyl sites for hydroxylation is 2. The van der Waals surface area contributed by atoms with Crippen LogP contribution < -0.4 is 20.4 Å². The standard InChI is InChI=1S/C36H40N14O2/c1-25-3-11-29(12-4-25)39-31-41-33(45-35(43-31)49-15-19-51-20-16-49)47-37-23-27-7-9-28(10-8-27)24-38-48-34-42-32(40-30-13-5-26(2)6-14-30)44-36(46-34)50-17-21-52-22-18-50/h3-14H,15-24H2,1-2H3,(H,39,41,43,45)(H,40,42,44,46). The molecule has 0 aliphatic carbocycles. The van der Waals surface area contributed by atoms with Gasteiger partial charge in [0.25, 0.3) is 11.9 Å². The highest BCUT2D eigenvalue weighted by molar-refractivity contribution is 5.57. The molecule has 0 radical (unpaired) electrons. The Morgan fingerprint density at radius 2 is 0.904 bits per heavy atom. The van der Waals surface area contributed by atoms with E-state index in [1.807, 2.05) is 86.6 Å². The van der Waals surface area contributed by atoms with Gasteiger partial charge in [0.15, 0.2) is 0 Å². The lowest BCUT2D eigenvalue weighted by atomic mass is 10.1. The Kier molecular flexibility index (Phi) is 11.1. The molecule has 7 rings (SSSR count). The van der Waals surface area contributed by atoms with Crippen molar-refractivity contribution in [2.45, 2.75) is 26.9 Å². The van der Waals surface area contributed by atoms with Gasteiger partial charge in [0.1, 0.15) is 0 Å². The molecule has 2 N–H and O–H groups in total. The summed E-state index contributed by atoms with van der Waals surface area (Å²) < 4.78 is 11.0. The maximum atomic E-state index is 5.51. The molecule has 0 atom stereocenters. The molecule has 52 heavy (non-hydrogen) atoms. The largest absolute Gasteiger partial charge is 0.378 e. The van der Waals surface area contributed by atoms with Crippen LogP contribution in [-0.4, -0.2) is 82.5 Å². The van der Waals surface area contributed by atoms with Gasteiger partial charge < -0.3 is 29.9 Å². The second kappa shape index (κ2) is 16.8. The number of nitrogens with one attached hydrogen (secondary N) is 2. The van der Waals surface area contributed by atoms with Crippen molar-refractivity contribution in [3.05, 3.63) is 95.1 Å². The van der Waals surface area contributed by atoms with E-state index < -0.39 is 0 Å². The summed E-state index contributed by atoms with van der Waals surface area (Å²) >= 11 is 0. The molecule has 266 valence electrons. The highest BCUT2D eigenvalue weighted by Gasteiger charge is 2.18. The number of nitrogens with zero attached hydrogens (tertiary/aromatic N) is 12. The minimum Gasteiger partial charge on any atom is -0.378 e. The smallest absolute Gasteiger partial charge is 0.275 e. The van der Waals surface area contributed by atoms with Gasteiger partial charge in [-0.1, -0.05) is 59.7 Å². The number of hydrogen-bond acceptors (Lipinski definition) is 16. The van der Waals surface area contributed by atoms with Crippen molar-refractivity contribution in [1.29, 1.82) is 0 Å². The van der Waals surface area contributed by atoms with Crippen LogP contribution in [0, 0.1) is 13.8 Å². The van der Waals surface area contributed by atoms with E-state index in [2.05, 4.69) is 70.8 Å². The number of benzene rings is 3. The van der Waals surface area contributed by atoms with Gasteiger partial charge in [0, 0.05) is 37.6 Å². The maximum absolute atomic E-state index is 5.51. The van der Waals surface area contributed by atoms with Gasteiger partial charge in [-0.05, 0) is 49.2 Å². The minimum absolute atomic E-state index is 0.232. The van der Waals surface area contributed by atoms with Crippen LogP contribution in [0.5, 0.6) is 0 Å². The molecule has 0 saturated carbocycles. The third kappa shape index (κ3) is 9.61. The van der Waals surface area contributed by atoms with Gasteiger partial charge in [-0.2, -0.15) is 40.1 Å². The molecule has 0 unspecified atom stereocenters. The minimum atomic E-state index is 0.232. The first kappa shape index (κ1) is 34.4. The number of ether oxygens (including phenoxy) is 2. The highest BCUT2D eigenvalue weighted by Crippen LogP contribution is 2.23. The zero-order valence-electron chi connectivity index (χ0n) is 29.2. The molecule has 2 fully saturated rings. The fraction of sp³-hybridized carbons (Fsp3) is 0.333. The Balaban J connectivity index is 0.996. The molecule has 4 heterocycles. The molecular weight excluding hydrogens is 660 g/mol. The molecule has 16 heteroatoms. The molecule has 0 amide bonds. The van der Waals surface area contributed by atoms with Crippen molar-refractivity contribution in [2.75, 3.05) is 73.0 Å². The summed E-state index contributed by atoms with van der Waals surface area (Å²) in [6.07, 6.45) is 0. The number of aromatic nitrogens is 6. The van der Waals surface area contributed by atoms with Crippen LogP contribution >= 0.6 is 0 Å². The summed E-state index contributed by atoms with van der Waals surface area (Å²) in [6.45, 7) is 10.00. The average molecular weight is 701 g/mol. The number of rotatable bonds is 12. The molecular formula is C36H40N14O2. The molecule has 0 bridgehead atoms. The lowest BCUT2D eigenvalue weighted by Gasteiger charge is -2.26. The first-order chi connectivity index (χ1) is 25.5. The van der Waals surface area contributed by atoms with Gasteiger partial charge in [0.2, 0.25) is 23.8 Å². The lowest BCUT2D eigenvalue weighted by Crippen LogP contribution is -2.37. The van der Waals surface area contributed by atoms with E-state index >= 15 is 0 Å². The number of hydrogen-bond donors (Lipinski definition) is 2. The van der Waals surface area contributed by atoms with Crippen LogP contribution in [0.4, 0.5) is 47.1 Å². The second-order valence-electron chi connectivity index (χ2n) is 12.3. The Hall–Kier alpha value is -6.00. The first-order valence-electron chi connectivity index (χ1n) is 17.2. The zero-order valence-corrected chi connectivity index (χ0v) is 29.2.